The maximum Gasteiger partial charge on any atom is 0.289 e. The molecule has 2 amide bonds. The van der Waals surface area contributed by atoms with Gasteiger partial charge in [0.25, 0.3) is 5.91 Å². The Morgan fingerprint density at radius 2 is 2.14 bits per heavy atom. The van der Waals surface area contributed by atoms with Crippen molar-refractivity contribution in [1.29, 1.82) is 0 Å². The lowest BCUT2D eigenvalue weighted by Gasteiger charge is -2.19. The van der Waals surface area contributed by atoms with Crippen LogP contribution in [0.25, 0.3) is 0 Å². The average Bonchev–Trinajstić information content (AvgIpc) is 2.90. The lowest BCUT2D eigenvalue weighted by Crippen LogP contribution is -2.47. The normalized spacial score (nSPS) is 19.9. The minimum absolute atomic E-state index is 0.0685. The Bertz CT molecular complexity index is 427. The Morgan fingerprint density at radius 1 is 1.41 bits per heavy atom. The van der Waals surface area contributed by atoms with Crippen LogP contribution in [0.1, 0.15) is 46.0 Å². The second kappa shape index (κ2) is 9.11. The minimum Gasteiger partial charge on any atom is -0.356 e. The predicted molar refractivity (Wildman–Crippen MR) is 80.6 cm³/mol. The molecule has 0 aliphatic carbocycles. The molecule has 1 aliphatic heterocycles. The van der Waals surface area contributed by atoms with Crippen LogP contribution in [0.5, 0.6) is 0 Å². The summed E-state index contributed by atoms with van der Waals surface area (Å²) in [4.78, 5) is 46.2. The SMILES string of the molecule is CCCC(CC)NC(=O)C(=O)C(CC1CCNC1=O)NN=O. The van der Waals surface area contributed by atoms with Gasteiger partial charge in [-0.2, -0.15) is 0 Å². The molecular formula is C14H24N4O4. The number of nitroso groups, excluding NO2 is 1. The van der Waals surface area contributed by atoms with Gasteiger partial charge in [0.05, 0.1) is 5.29 Å². The maximum absolute atomic E-state index is 12.2. The van der Waals surface area contributed by atoms with Crippen LogP contribution in [0.2, 0.25) is 0 Å². The van der Waals surface area contributed by atoms with Gasteiger partial charge in [0, 0.05) is 18.5 Å². The van der Waals surface area contributed by atoms with Crippen LogP contribution < -0.4 is 16.1 Å². The largest absolute Gasteiger partial charge is 0.356 e. The number of ketones is 1. The first-order chi connectivity index (χ1) is 10.5. The van der Waals surface area contributed by atoms with Crippen molar-refractivity contribution in [3.8, 4) is 0 Å². The van der Waals surface area contributed by atoms with Gasteiger partial charge in [0.2, 0.25) is 11.7 Å². The van der Waals surface area contributed by atoms with Crippen LogP contribution in [-0.4, -0.2) is 36.2 Å². The first-order valence-electron chi connectivity index (χ1n) is 7.73. The first-order valence-corrected chi connectivity index (χ1v) is 7.73. The number of carbonyl (C=O) groups is 3. The highest BCUT2D eigenvalue weighted by atomic mass is 16.3. The van der Waals surface area contributed by atoms with E-state index in [-0.39, 0.29) is 24.3 Å². The molecule has 0 aromatic heterocycles. The fraction of sp³-hybridized carbons (Fsp3) is 0.786. The zero-order valence-electron chi connectivity index (χ0n) is 13.1. The highest BCUT2D eigenvalue weighted by Crippen LogP contribution is 2.17. The smallest absolute Gasteiger partial charge is 0.289 e. The molecule has 0 radical (unpaired) electrons. The van der Waals surface area contributed by atoms with Gasteiger partial charge < -0.3 is 10.6 Å². The molecule has 0 bridgehead atoms. The molecule has 8 heteroatoms. The quantitative estimate of drug-likeness (QED) is 0.307. The van der Waals surface area contributed by atoms with Gasteiger partial charge in [-0.05, 0) is 25.7 Å². The van der Waals surface area contributed by atoms with E-state index in [1.165, 1.54) is 0 Å². The third-order valence-corrected chi connectivity index (χ3v) is 3.90. The van der Waals surface area contributed by atoms with Crippen LogP contribution in [0, 0.1) is 10.8 Å². The number of rotatable bonds is 10. The summed E-state index contributed by atoms with van der Waals surface area (Å²) in [5.74, 6) is -2.04. The summed E-state index contributed by atoms with van der Waals surface area (Å²) in [5.41, 5.74) is 2.11. The zero-order chi connectivity index (χ0) is 16.5. The Hall–Kier alpha value is -1.99. The van der Waals surface area contributed by atoms with Gasteiger partial charge in [-0.3, -0.25) is 19.8 Å². The van der Waals surface area contributed by atoms with Gasteiger partial charge in [-0.25, -0.2) is 0 Å². The fourth-order valence-corrected chi connectivity index (χ4v) is 2.58. The van der Waals surface area contributed by atoms with E-state index in [2.05, 4.69) is 21.3 Å². The van der Waals surface area contributed by atoms with Gasteiger partial charge in [0.15, 0.2) is 0 Å². The standard InChI is InChI=1S/C14H24N4O4/c1-3-5-10(4-2)16-14(21)12(19)11(17-18-22)8-9-6-7-15-13(9)20/h9-11H,3-8H2,1-2H3,(H,15,20)(H,16,21)(H,17,22). The molecule has 3 N–H and O–H groups in total. The highest BCUT2D eigenvalue weighted by Gasteiger charge is 2.33. The number of hydrogen-bond acceptors (Lipinski definition) is 5. The van der Waals surface area contributed by atoms with Gasteiger partial charge in [-0.1, -0.05) is 20.3 Å². The molecule has 0 aromatic rings. The monoisotopic (exact) mass is 312 g/mol. The van der Waals surface area contributed by atoms with E-state index in [4.69, 9.17) is 0 Å². The first kappa shape index (κ1) is 18.1. The molecular weight excluding hydrogens is 288 g/mol. The molecule has 8 nitrogen and oxygen atoms in total. The topological polar surface area (TPSA) is 117 Å². The van der Waals surface area contributed by atoms with E-state index in [0.717, 1.165) is 19.3 Å². The highest BCUT2D eigenvalue weighted by molar-refractivity contribution is 6.38. The van der Waals surface area contributed by atoms with Crippen molar-refractivity contribution < 1.29 is 14.4 Å². The number of nitrogens with zero attached hydrogens (tertiary/aromatic N) is 1. The molecule has 1 aliphatic rings. The summed E-state index contributed by atoms with van der Waals surface area (Å²) in [6.45, 7) is 4.46. The van der Waals surface area contributed by atoms with Crippen molar-refractivity contribution in [2.24, 2.45) is 11.2 Å². The van der Waals surface area contributed by atoms with E-state index in [1.807, 2.05) is 13.8 Å². The summed E-state index contributed by atoms with van der Waals surface area (Å²) >= 11 is 0. The maximum atomic E-state index is 12.2. The van der Waals surface area contributed by atoms with Crippen molar-refractivity contribution in [3.63, 3.8) is 0 Å². The Kier molecular flexibility index (Phi) is 7.48. The molecule has 0 spiro atoms. The second-order valence-corrected chi connectivity index (χ2v) is 5.52. The van der Waals surface area contributed by atoms with Gasteiger partial charge in [0.1, 0.15) is 6.04 Å². The molecule has 1 heterocycles. The van der Waals surface area contributed by atoms with E-state index in [0.29, 0.717) is 13.0 Å². The van der Waals surface area contributed by atoms with Crippen LogP contribution in [-0.2, 0) is 14.4 Å². The summed E-state index contributed by atoms with van der Waals surface area (Å²) < 4.78 is 0. The van der Waals surface area contributed by atoms with Crippen molar-refractivity contribution in [3.05, 3.63) is 4.91 Å². The minimum atomic E-state index is -1.06. The molecule has 3 atom stereocenters. The third kappa shape index (κ3) is 5.09. The van der Waals surface area contributed by atoms with Crippen molar-refractivity contribution in [2.75, 3.05) is 6.54 Å². The third-order valence-electron chi connectivity index (χ3n) is 3.90. The molecule has 3 unspecified atom stereocenters. The predicted octanol–water partition coefficient (Wildman–Crippen LogP) is 0.416. The van der Waals surface area contributed by atoms with E-state index < -0.39 is 17.7 Å². The number of hydrogen-bond donors (Lipinski definition) is 3. The number of carbonyl (C=O) groups excluding carboxylic acids is 3. The summed E-state index contributed by atoms with van der Waals surface area (Å²) in [7, 11) is 0. The van der Waals surface area contributed by atoms with Crippen LogP contribution in [0.3, 0.4) is 0 Å². The van der Waals surface area contributed by atoms with Crippen LogP contribution >= 0.6 is 0 Å². The van der Waals surface area contributed by atoms with Gasteiger partial charge >= 0.3 is 0 Å². The average molecular weight is 312 g/mol. The number of Topliss-reactive ketones (excluding diaryl/α,β-unsaturated/α-hetero) is 1. The van der Waals surface area contributed by atoms with Crippen molar-refractivity contribution in [1.82, 2.24) is 16.1 Å². The summed E-state index contributed by atoms with van der Waals surface area (Å²) in [6, 6.07) is -1.13. The van der Waals surface area contributed by atoms with Crippen LogP contribution in [0.15, 0.2) is 5.29 Å². The van der Waals surface area contributed by atoms with Crippen molar-refractivity contribution >= 4 is 17.6 Å². The lowest BCUT2D eigenvalue weighted by molar-refractivity contribution is -0.140. The zero-order valence-corrected chi connectivity index (χ0v) is 13.1. The molecule has 22 heavy (non-hydrogen) atoms. The Balaban J connectivity index is 2.64. The Morgan fingerprint density at radius 3 is 2.64 bits per heavy atom. The summed E-state index contributed by atoms with van der Waals surface area (Å²) in [5, 5.41) is 7.84. The van der Waals surface area contributed by atoms with Crippen molar-refractivity contribution in [2.45, 2.75) is 58.0 Å². The molecule has 124 valence electrons. The Labute approximate surface area is 129 Å². The molecule has 1 saturated heterocycles. The van der Waals surface area contributed by atoms with Crippen LogP contribution in [0.4, 0.5) is 0 Å². The number of nitrogens with one attached hydrogen (secondary N) is 3. The van der Waals surface area contributed by atoms with Gasteiger partial charge in [-0.15, -0.1) is 4.91 Å². The molecule has 0 aromatic carbocycles. The molecule has 0 saturated carbocycles. The van der Waals surface area contributed by atoms with E-state index in [9.17, 15) is 19.3 Å². The number of amides is 2. The molecule has 1 rings (SSSR count). The van der Waals surface area contributed by atoms with E-state index in [1.54, 1.807) is 0 Å². The lowest BCUT2D eigenvalue weighted by atomic mass is 9.95. The summed E-state index contributed by atoms with van der Waals surface area (Å²) in [6.07, 6.45) is 3.08. The second-order valence-electron chi connectivity index (χ2n) is 5.52. The van der Waals surface area contributed by atoms with E-state index >= 15 is 0 Å². The fourth-order valence-electron chi connectivity index (χ4n) is 2.58. The molecule has 1 fully saturated rings.